The number of likely N-dealkylation sites (tertiary alicyclic amines) is 1. The smallest absolute Gasteiger partial charge is 0.273 e. The Morgan fingerprint density at radius 2 is 1.96 bits per heavy atom. The van der Waals surface area contributed by atoms with E-state index in [0.29, 0.717) is 17.7 Å². The normalized spacial score (nSPS) is 14.6. The first kappa shape index (κ1) is 18.6. The number of hydrogen-bond donors (Lipinski definition) is 0. The van der Waals surface area contributed by atoms with E-state index < -0.39 is 0 Å². The molecule has 0 saturated carbocycles. The second-order valence-corrected chi connectivity index (χ2v) is 7.93. The number of pyridine rings is 2. The summed E-state index contributed by atoms with van der Waals surface area (Å²) in [7, 11) is 0. The highest BCUT2D eigenvalue weighted by atomic mass is 16.2. The minimum absolute atomic E-state index is 0.0268. The molecule has 1 fully saturated rings. The molecule has 1 amide bonds. The van der Waals surface area contributed by atoms with Gasteiger partial charge in [-0.2, -0.15) is 0 Å². The fraction of sp³-hybridized carbons (Fsp3) is 0.348. The van der Waals surface area contributed by atoms with E-state index in [2.05, 4.69) is 34.8 Å². The van der Waals surface area contributed by atoms with Crippen LogP contribution in [0.3, 0.4) is 0 Å². The summed E-state index contributed by atoms with van der Waals surface area (Å²) in [5, 5.41) is 1.98. The monoisotopic (exact) mass is 374 g/mol. The van der Waals surface area contributed by atoms with Crippen molar-refractivity contribution in [2.45, 2.75) is 26.4 Å². The van der Waals surface area contributed by atoms with Crippen LogP contribution in [0.1, 0.15) is 29.9 Å². The van der Waals surface area contributed by atoms with Crippen molar-refractivity contribution in [1.82, 2.24) is 19.8 Å². The molecule has 5 nitrogen and oxygen atoms in total. The number of carbonyl (C=O) groups excluding carboxylic acids is 1. The van der Waals surface area contributed by atoms with Crippen LogP contribution in [0, 0.1) is 5.92 Å². The third-order valence-electron chi connectivity index (χ3n) is 5.25. The minimum Gasteiger partial charge on any atom is -0.334 e. The number of aromatic nitrogens is 2. The van der Waals surface area contributed by atoms with Crippen LogP contribution in [0.25, 0.3) is 10.8 Å². The third-order valence-corrected chi connectivity index (χ3v) is 5.25. The summed E-state index contributed by atoms with van der Waals surface area (Å²) in [6.45, 7) is 7.84. The number of fused-ring (bicyclic) bond motifs is 1. The van der Waals surface area contributed by atoms with Crippen molar-refractivity contribution in [3.05, 3.63) is 72.3 Å². The lowest BCUT2D eigenvalue weighted by Crippen LogP contribution is -2.61. The highest BCUT2D eigenvalue weighted by Crippen LogP contribution is 2.24. The average molecular weight is 374 g/mol. The van der Waals surface area contributed by atoms with Crippen LogP contribution in [-0.2, 0) is 6.54 Å². The molecule has 1 aromatic carbocycles. The van der Waals surface area contributed by atoms with Gasteiger partial charge in [0, 0.05) is 56.2 Å². The molecule has 144 valence electrons. The standard InChI is InChI=1S/C23H26N4O/c1-17(2)13-26(14-18-6-5-10-24-12-18)20-15-27(16-20)23(28)22-21-8-4-3-7-19(21)9-11-25-22/h3-12,17,20H,13-16H2,1-2H3. The van der Waals surface area contributed by atoms with E-state index in [1.165, 1.54) is 5.56 Å². The predicted octanol–water partition coefficient (Wildman–Crippen LogP) is 3.61. The van der Waals surface area contributed by atoms with Crippen LogP contribution in [0.2, 0.25) is 0 Å². The Bertz CT molecular complexity index is 946. The zero-order chi connectivity index (χ0) is 19.5. The van der Waals surface area contributed by atoms with Crippen molar-refractivity contribution >= 4 is 16.7 Å². The molecule has 5 heteroatoms. The maximum atomic E-state index is 13.0. The molecule has 0 bridgehead atoms. The van der Waals surface area contributed by atoms with E-state index in [1.807, 2.05) is 47.5 Å². The highest BCUT2D eigenvalue weighted by molar-refractivity contribution is 6.05. The number of hydrogen-bond acceptors (Lipinski definition) is 4. The van der Waals surface area contributed by atoms with Gasteiger partial charge >= 0.3 is 0 Å². The first-order valence-electron chi connectivity index (χ1n) is 9.88. The molecular formula is C23H26N4O. The minimum atomic E-state index is 0.0268. The Balaban J connectivity index is 1.46. The number of benzene rings is 1. The summed E-state index contributed by atoms with van der Waals surface area (Å²) in [5.41, 5.74) is 1.77. The molecule has 0 aliphatic carbocycles. The van der Waals surface area contributed by atoms with Gasteiger partial charge in [0.25, 0.3) is 5.91 Å². The van der Waals surface area contributed by atoms with Crippen molar-refractivity contribution in [1.29, 1.82) is 0 Å². The van der Waals surface area contributed by atoms with Gasteiger partial charge in [-0.3, -0.25) is 19.7 Å². The van der Waals surface area contributed by atoms with Gasteiger partial charge in [0.2, 0.25) is 0 Å². The zero-order valence-corrected chi connectivity index (χ0v) is 16.5. The van der Waals surface area contributed by atoms with E-state index in [-0.39, 0.29) is 5.91 Å². The number of nitrogens with zero attached hydrogens (tertiary/aromatic N) is 4. The summed E-state index contributed by atoms with van der Waals surface area (Å²) >= 11 is 0. The predicted molar refractivity (Wildman–Crippen MR) is 111 cm³/mol. The molecule has 4 rings (SSSR count). The maximum Gasteiger partial charge on any atom is 0.273 e. The van der Waals surface area contributed by atoms with Crippen LogP contribution in [-0.4, -0.2) is 51.4 Å². The highest BCUT2D eigenvalue weighted by Gasteiger charge is 2.36. The molecule has 3 aromatic rings. The van der Waals surface area contributed by atoms with Crippen molar-refractivity contribution in [3.63, 3.8) is 0 Å². The molecule has 0 unspecified atom stereocenters. The topological polar surface area (TPSA) is 49.3 Å². The molecule has 2 aromatic heterocycles. The van der Waals surface area contributed by atoms with Crippen LogP contribution in [0.5, 0.6) is 0 Å². The molecule has 1 aliphatic rings. The molecule has 0 spiro atoms. The van der Waals surface area contributed by atoms with Gasteiger partial charge in [0.05, 0.1) is 0 Å². The van der Waals surface area contributed by atoms with Gasteiger partial charge in [-0.25, -0.2) is 0 Å². The number of carbonyl (C=O) groups is 1. The van der Waals surface area contributed by atoms with Crippen LogP contribution in [0.15, 0.2) is 61.1 Å². The van der Waals surface area contributed by atoms with E-state index in [0.717, 1.165) is 37.0 Å². The maximum absolute atomic E-state index is 13.0. The van der Waals surface area contributed by atoms with E-state index in [4.69, 9.17) is 0 Å². The first-order chi connectivity index (χ1) is 13.6. The Hall–Kier alpha value is -2.79. The number of amides is 1. The van der Waals surface area contributed by atoms with Gasteiger partial charge in [-0.05, 0) is 29.0 Å². The molecule has 1 saturated heterocycles. The second kappa shape index (κ2) is 8.07. The molecule has 0 atom stereocenters. The quantitative estimate of drug-likeness (QED) is 0.661. The van der Waals surface area contributed by atoms with E-state index >= 15 is 0 Å². The van der Waals surface area contributed by atoms with Crippen LogP contribution < -0.4 is 0 Å². The lowest BCUT2D eigenvalue weighted by molar-refractivity contribution is 0.0194. The van der Waals surface area contributed by atoms with Crippen molar-refractivity contribution < 1.29 is 4.79 Å². The largest absolute Gasteiger partial charge is 0.334 e. The van der Waals surface area contributed by atoms with Crippen molar-refractivity contribution in [2.24, 2.45) is 5.92 Å². The Labute approximate surface area is 166 Å². The third kappa shape index (κ3) is 3.90. The summed E-state index contributed by atoms with van der Waals surface area (Å²) in [4.78, 5) is 26.0. The summed E-state index contributed by atoms with van der Waals surface area (Å²) in [5.74, 6) is 0.597. The van der Waals surface area contributed by atoms with E-state index in [9.17, 15) is 4.79 Å². The first-order valence-corrected chi connectivity index (χ1v) is 9.88. The lowest BCUT2D eigenvalue weighted by atomic mass is 10.0. The molecule has 0 radical (unpaired) electrons. The average Bonchev–Trinajstić information content (AvgIpc) is 2.66. The summed E-state index contributed by atoms with van der Waals surface area (Å²) < 4.78 is 0. The Kier molecular flexibility index (Phi) is 5.35. The second-order valence-electron chi connectivity index (χ2n) is 7.93. The zero-order valence-electron chi connectivity index (χ0n) is 16.5. The van der Waals surface area contributed by atoms with E-state index in [1.54, 1.807) is 12.4 Å². The van der Waals surface area contributed by atoms with Crippen molar-refractivity contribution in [3.8, 4) is 0 Å². The van der Waals surface area contributed by atoms with Gasteiger partial charge < -0.3 is 4.90 Å². The van der Waals surface area contributed by atoms with Crippen LogP contribution >= 0.6 is 0 Å². The van der Waals surface area contributed by atoms with Gasteiger partial charge in [0.15, 0.2) is 0 Å². The SMILES string of the molecule is CC(C)CN(Cc1cccnc1)C1CN(C(=O)c2nccc3ccccc23)C1. The molecule has 0 N–H and O–H groups in total. The molecular weight excluding hydrogens is 348 g/mol. The lowest BCUT2D eigenvalue weighted by Gasteiger charge is -2.46. The van der Waals surface area contributed by atoms with Gasteiger partial charge in [-0.15, -0.1) is 0 Å². The molecule has 3 heterocycles. The fourth-order valence-electron chi connectivity index (χ4n) is 3.83. The summed E-state index contributed by atoms with van der Waals surface area (Å²) in [6.07, 6.45) is 5.45. The Morgan fingerprint density at radius 1 is 1.14 bits per heavy atom. The summed E-state index contributed by atoms with van der Waals surface area (Å²) in [6, 6.07) is 14.3. The number of rotatable bonds is 6. The fourth-order valence-corrected chi connectivity index (χ4v) is 3.83. The Morgan fingerprint density at radius 3 is 2.71 bits per heavy atom. The molecule has 28 heavy (non-hydrogen) atoms. The van der Waals surface area contributed by atoms with Crippen LogP contribution in [0.4, 0.5) is 0 Å². The van der Waals surface area contributed by atoms with Gasteiger partial charge in [-0.1, -0.05) is 44.2 Å². The van der Waals surface area contributed by atoms with Gasteiger partial charge in [0.1, 0.15) is 5.69 Å². The van der Waals surface area contributed by atoms with Crippen molar-refractivity contribution in [2.75, 3.05) is 19.6 Å². The molecule has 1 aliphatic heterocycles.